The second-order valence-electron chi connectivity index (χ2n) is 3.63. The van der Waals surface area contributed by atoms with Crippen LogP contribution in [0, 0.1) is 11.6 Å². The molecule has 18 heavy (non-hydrogen) atoms. The van der Waals surface area contributed by atoms with Crippen LogP contribution in [0.2, 0.25) is 5.02 Å². The van der Waals surface area contributed by atoms with E-state index in [9.17, 15) is 13.6 Å². The molecule has 2 nitrogen and oxygen atoms in total. The van der Waals surface area contributed by atoms with Crippen LogP contribution in [0.3, 0.4) is 0 Å². The van der Waals surface area contributed by atoms with E-state index in [4.69, 9.17) is 11.6 Å². The minimum atomic E-state index is -0.727. The molecule has 0 aliphatic carbocycles. The van der Waals surface area contributed by atoms with Gasteiger partial charge < -0.3 is 0 Å². The van der Waals surface area contributed by atoms with Crippen LogP contribution >= 0.6 is 11.6 Å². The van der Waals surface area contributed by atoms with Crippen molar-refractivity contribution in [1.29, 1.82) is 0 Å². The number of carbonyl (C=O) groups is 1. The summed E-state index contributed by atoms with van der Waals surface area (Å²) >= 11 is 5.79. The Morgan fingerprint density at radius 1 is 1.17 bits per heavy atom. The summed E-state index contributed by atoms with van der Waals surface area (Å²) in [5.74, 6) is -1.93. The number of hydrogen-bond donors (Lipinski definition) is 0. The quantitative estimate of drug-likeness (QED) is 0.798. The van der Waals surface area contributed by atoms with E-state index in [0.717, 1.165) is 6.07 Å². The Labute approximate surface area is 107 Å². The monoisotopic (exact) mass is 267 g/mol. The molecule has 5 heteroatoms. The molecule has 2 aromatic rings. The van der Waals surface area contributed by atoms with Crippen molar-refractivity contribution in [3.63, 3.8) is 0 Å². The van der Waals surface area contributed by atoms with Crippen LogP contribution in [0.1, 0.15) is 16.1 Å². The number of nitrogens with zero attached hydrogens (tertiary/aromatic N) is 1. The largest absolute Gasteiger partial charge is 0.292 e. The van der Waals surface area contributed by atoms with Gasteiger partial charge in [-0.05, 0) is 24.3 Å². The number of pyridine rings is 1. The summed E-state index contributed by atoms with van der Waals surface area (Å²) in [5.41, 5.74) is -0.258. The normalized spacial score (nSPS) is 10.4. The van der Waals surface area contributed by atoms with Crippen molar-refractivity contribution in [2.45, 2.75) is 6.42 Å². The van der Waals surface area contributed by atoms with Crippen molar-refractivity contribution in [2.75, 3.05) is 0 Å². The lowest BCUT2D eigenvalue weighted by atomic mass is 10.1. The third kappa shape index (κ3) is 2.54. The Kier molecular flexibility index (Phi) is 3.67. The Hall–Kier alpha value is -1.81. The van der Waals surface area contributed by atoms with Gasteiger partial charge in [0, 0.05) is 23.2 Å². The van der Waals surface area contributed by atoms with Gasteiger partial charge in [-0.2, -0.15) is 0 Å². The zero-order chi connectivity index (χ0) is 13.1. The summed E-state index contributed by atoms with van der Waals surface area (Å²) in [7, 11) is 0. The number of carbonyl (C=O) groups excluding carboxylic acids is 1. The van der Waals surface area contributed by atoms with Crippen LogP contribution in [0.5, 0.6) is 0 Å². The first-order valence-electron chi connectivity index (χ1n) is 5.16. The lowest BCUT2D eigenvalue weighted by Gasteiger charge is -2.05. The van der Waals surface area contributed by atoms with Crippen molar-refractivity contribution in [2.24, 2.45) is 0 Å². The van der Waals surface area contributed by atoms with Gasteiger partial charge in [-0.15, -0.1) is 0 Å². The predicted octanol–water partition coefficient (Wildman–Crippen LogP) is 3.44. The maximum absolute atomic E-state index is 13.5. The average Bonchev–Trinajstić information content (AvgIpc) is 2.34. The van der Waals surface area contributed by atoms with Gasteiger partial charge in [0.05, 0.1) is 0 Å². The fourth-order valence-corrected chi connectivity index (χ4v) is 1.77. The summed E-state index contributed by atoms with van der Waals surface area (Å²) in [6.45, 7) is 0. The maximum atomic E-state index is 13.5. The van der Waals surface area contributed by atoms with E-state index in [-0.39, 0.29) is 22.7 Å². The summed E-state index contributed by atoms with van der Waals surface area (Å²) in [6.07, 6.45) is 0.985. The van der Waals surface area contributed by atoms with Crippen molar-refractivity contribution >= 4 is 17.4 Å². The summed E-state index contributed by atoms with van der Waals surface area (Å²) in [6, 6.07) is 6.61. The van der Waals surface area contributed by atoms with Gasteiger partial charge in [-0.25, -0.2) is 8.78 Å². The minimum Gasteiger partial charge on any atom is -0.292 e. The molecule has 1 aromatic heterocycles. The SMILES string of the molecule is O=C(Cc1c(F)cccc1Cl)c1ncccc1F. The standard InChI is InChI=1S/C13H8ClF2NO/c14-9-3-1-4-10(15)8(9)7-12(18)13-11(16)5-2-6-17-13/h1-6H,7H2. The van der Waals surface area contributed by atoms with Gasteiger partial charge in [0.15, 0.2) is 11.6 Å². The number of benzene rings is 1. The summed E-state index contributed by atoms with van der Waals surface area (Å²) < 4.78 is 26.8. The molecule has 0 N–H and O–H groups in total. The third-order valence-electron chi connectivity index (χ3n) is 2.42. The summed E-state index contributed by atoms with van der Waals surface area (Å²) in [5, 5.41) is 0.139. The zero-order valence-corrected chi connectivity index (χ0v) is 9.92. The van der Waals surface area contributed by atoms with E-state index in [2.05, 4.69) is 4.98 Å². The van der Waals surface area contributed by atoms with E-state index in [1.54, 1.807) is 0 Å². The number of rotatable bonds is 3. The fraction of sp³-hybridized carbons (Fsp3) is 0.0769. The van der Waals surface area contributed by atoms with E-state index >= 15 is 0 Å². The third-order valence-corrected chi connectivity index (χ3v) is 2.78. The van der Waals surface area contributed by atoms with Crippen molar-refractivity contribution in [3.05, 3.63) is 64.4 Å². The molecule has 1 aromatic carbocycles. The van der Waals surface area contributed by atoms with Gasteiger partial charge >= 0.3 is 0 Å². The van der Waals surface area contributed by atoms with Crippen LogP contribution in [0.4, 0.5) is 8.78 Å². The summed E-state index contributed by atoms with van der Waals surface area (Å²) in [4.78, 5) is 15.5. The Balaban J connectivity index is 2.30. The van der Waals surface area contributed by atoms with Gasteiger partial charge in [0.25, 0.3) is 0 Å². The van der Waals surface area contributed by atoms with Crippen LogP contribution in [0.25, 0.3) is 0 Å². The molecule has 0 aliphatic rings. The smallest absolute Gasteiger partial charge is 0.188 e. The molecular formula is C13H8ClF2NO. The molecule has 0 bridgehead atoms. The van der Waals surface area contributed by atoms with E-state index in [0.29, 0.717) is 0 Å². The fourth-order valence-electron chi connectivity index (χ4n) is 1.54. The van der Waals surface area contributed by atoms with Crippen LogP contribution in [0.15, 0.2) is 36.5 Å². The van der Waals surface area contributed by atoms with Gasteiger partial charge in [-0.3, -0.25) is 9.78 Å². The molecule has 0 fully saturated rings. The van der Waals surface area contributed by atoms with Gasteiger partial charge in [0.1, 0.15) is 11.5 Å². The Morgan fingerprint density at radius 2 is 1.89 bits per heavy atom. The second kappa shape index (κ2) is 5.23. The minimum absolute atomic E-state index is 0.0502. The first-order valence-corrected chi connectivity index (χ1v) is 5.54. The molecule has 92 valence electrons. The lowest BCUT2D eigenvalue weighted by Crippen LogP contribution is -2.10. The average molecular weight is 268 g/mol. The number of aromatic nitrogens is 1. The van der Waals surface area contributed by atoms with Crippen molar-refractivity contribution in [3.8, 4) is 0 Å². The van der Waals surface area contributed by atoms with E-state index < -0.39 is 17.4 Å². The van der Waals surface area contributed by atoms with Gasteiger partial charge in [0.2, 0.25) is 0 Å². The number of hydrogen-bond acceptors (Lipinski definition) is 2. The second-order valence-corrected chi connectivity index (χ2v) is 4.04. The van der Waals surface area contributed by atoms with Crippen LogP contribution < -0.4 is 0 Å². The highest BCUT2D eigenvalue weighted by Crippen LogP contribution is 2.21. The van der Waals surface area contributed by atoms with E-state index in [1.807, 2.05) is 0 Å². The topological polar surface area (TPSA) is 30.0 Å². The van der Waals surface area contributed by atoms with Crippen LogP contribution in [-0.4, -0.2) is 10.8 Å². The number of ketones is 1. The number of halogens is 3. The maximum Gasteiger partial charge on any atom is 0.188 e. The first kappa shape index (κ1) is 12.6. The molecular weight excluding hydrogens is 260 g/mol. The highest BCUT2D eigenvalue weighted by molar-refractivity contribution is 6.31. The Bertz CT molecular complexity index is 581. The molecule has 0 unspecified atom stereocenters. The molecule has 1 heterocycles. The molecule has 0 radical (unpaired) electrons. The molecule has 0 aliphatic heterocycles. The Morgan fingerprint density at radius 3 is 2.56 bits per heavy atom. The molecule has 0 spiro atoms. The highest BCUT2D eigenvalue weighted by Gasteiger charge is 2.17. The zero-order valence-electron chi connectivity index (χ0n) is 9.16. The van der Waals surface area contributed by atoms with Crippen molar-refractivity contribution < 1.29 is 13.6 Å². The molecule has 0 atom stereocenters. The predicted molar refractivity (Wildman–Crippen MR) is 63.6 cm³/mol. The number of Topliss-reactive ketones (excluding diaryl/α,β-unsaturated/α-hetero) is 1. The molecule has 0 amide bonds. The highest BCUT2D eigenvalue weighted by atomic mass is 35.5. The molecule has 0 saturated heterocycles. The van der Waals surface area contributed by atoms with Gasteiger partial charge in [-0.1, -0.05) is 17.7 Å². The van der Waals surface area contributed by atoms with E-state index in [1.165, 1.54) is 30.5 Å². The van der Waals surface area contributed by atoms with Crippen LogP contribution in [-0.2, 0) is 6.42 Å². The van der Waals surface area contributed by atoms with Crippen molar-refractivity contribution in [1.82, 2.24) is 4.98 Å². The molecule has 0 saturated carbocycles. The lowest BCUT2D eigenvalue weighted by molar-refractivity contribution is 0.0983. The molecule has 2 rings (SSSR count). The first-order chi connectivity index (χ1) is 8.59.